The summed E-state index contributed by atoms with van der Waals surface area (Å²) >= 11 is 23.9. The third-order valence-corrected chi connectivity index (χ3v) is 5.48. The highest BCUT2D eigenvalue weighted by Gasteiger charge is 2.23. The number of carbonyl (C=O) groups excluding carboxylic acids is 1. The number of phenols is 1. The molecule has 0 unspecified atom stereocenters. The number of aromatic amines is 1. The van der Waals surface area contributed by atoms with E-state index in [1.165, 1.54) is 12.1 Å². The maximum Gasteiger partial charge on any atom is 0.214 e. The first kappa shape index (κ1) is 15.2. The zero-order chi connectivity index (χ0) is 14.3. The quantitative estimate of drug-likeness (QED) is 0.602. The van der Waals surface area contributed by atoms with E-state index in [4.69, 9.17) is 34.8 Å². The average molecular weight is 448 g/mol. The van der Waals surface area contributed by atoms with Gasteiger partial charge in [0.1, 0.15) is 16.6 Å². The summed E-state index contributed by atoms with van der Waals surface area (Å²) in [6.07, 6.45) is 0. The van der Waals surface area contributed by atoms with Gasteiger partial charge in [0, 0.05) is 5.02 Å². The molecule has 1 aromatic heterocycles. The van der Waals surface area contributed by atoms with Crippen molar-refractivity contribution >= 4 is 72.4 Å². The number of halogens is 5. The molecule has 0 aliphatic rings. The highest BCUT2D eigenvalue weighted by atomic mass is 79.9. The lowest BCUT2D eigenvalue weighted by molar-refractivity contribution is 0.103. The maximum absolute atomic E-state index is 12.3. The molecule has 2 N–H and O–H groups in total. The van der Waals surface area contributed by atoms with Gasteiger partial charge in [-0.05, 0) is 44.0 Å². The van der Waals surface area contributed by atoms with Crippen LogP contribution in [-0.4, -0.2) is 15.9 Å². The van der Waals surface area contributed by atoms with E-state index in [1.54, 1.807) is 0 Å². The third-order valence-electron chi connectivity index (χ3n) is 2.34. The fraction of sp³-hybridized carbons (Fsp3) is 0. The summed E-state index contributed by atoms with van der Waals surface area (Å²) in [6, 6.07) is 2.68. The summed E-state index contributed by atoms with van der Waals surface area (Å²) < 4.78 is 0.975. The van der Waals surface area contributed by atoms with E-state index in [1.807, 2.05) is 0 Å². The van der Waals surface area contributed by atoms with E-state index >= 15 is 0 Å². The lowest BCUT2D eigenvalue weighted by Gasteiger charge is -2.05. The van der Waals surface area contributed by atoms with Crippen LogP contribution in [0.25, 0.3) is 0 Å². The first-order chi connectivity index (χ1) is 8.82. The van der Waals surface area contributed by atoms with Gasteiger partial charge in [-0.2, -0.15) is 0 Å². The molecule has 0 amide bonds. The van der Waals surface area contributed by atoms with Gasteiger partial charge in [-0.25, -0.2) is 0 Å². The van der Waals surface area contributed by atoms with Crippen LogP contribution in [0.5, 0.6) is 5.75 Å². The number of ketones is 1. The Morgan fingerprint density at radius 3 is 2.32 bits per heavy atom. The van der Waals surface area contributed by atoms with Crippen LogP contribution in [0.2, 0.25) is 15.2 Å². The van der Waals surface area contributed by atoms with Crippen LogP contribution in [0.4, 0.5) is 0 Å². The molecule has 0 fully saturated rings. The monoisotopic (exact) mass is 445 g/mol. The standard InChI is InChI=1S/C11H4Br2Cl3NO2/c12-6-7(13)11(16)17-8(6)10(19)4-1-3(14)2-5(15)9(4)18/h1-2,17-18H. The van der Waals surface area contributed by atoms with Crippen LogP contribution in [-0.2, 0) is 0 Å². The Kier molecular flexibility index (Phi) is 4.52. The Labute approximate surface area is 140 Å². The summed E-state index contributed by atoms with van der Waals surface area (Å²) in [7, 11) is 0. The van der Waals surface area contributed by atoms with E-state index in [0.29, 0.717) is 8.95 Å². The fourth-order valence-corrected chi connectivity index (χ4v) is 3.03. The van der Waals surface area contributed by atoms with E-state index in [-0.39, 0.29) is 32.2 Å². The summed E-state index contributed by atoms with van der Waals surface area (Å²) in [4.78, 5) is 15.0. The van der Waals surface area contributed by atoms with Gasteiger partial charge in [-0.15, -0.1) is 0 Å². The van der Waals surface area contributed by atoms with E-state index in [0.717, 1.165) is 0 Å². The first-order valence-electron chi connectivity index (χ1n) is 4.78. The van der Waals surface area contributed by atoms with Crippen molar-refractivity contribution in [2.24, 2.45) is 0 Å². The molecule has 1 heterocycles. The van der Waals surface area contributed by atoms with Crippen LogP contribution >= 0.6 is 66.7 Å². The molecule has 2 rings (SSSR count). The number of nitrogens with one attached hydrogen (secondary N) is 1. The molecule has 0 aliphatic carbocycles. The van der Waals surface area contributed by atoms with Gasteiger partial charge in [0.2, 0.25) is 5.78 Å². The van der Waals surface area contributed by atoms with Crippen LogP contribution in [0.3, 0.4) is 0 Å². The van der Waals surface area contributed by atoms with Gasteiger partial charge in [-0.1, -0.05) is 34.8 Å². The second-order valence-electron chi connectivity index (χ2n) is 3.55. The van der Waals surface area contributed by atoms with Crippen molar-refractivity contribution in [2.45, 2.75) is 0 Å². The molecular formula is C11H4Br2Cl3NO2. The second kappa shape index (κ2) is 5.66. The molecule has 0 saturated carbocycles. The molecule has 19 heavy (non-hydrogen) atoms. The SMILES string of the molecule is O=C(c1cc(Cl)cc(Cl)c1O)c1[nH]c(Cl)c(Br)c1Br. The molecule has 0 radical (unpaired) electrons. The number of rotatable bonds is 2. The number of benzene rings is 1. The largest absolute Gasteiger partial charge is 0.506 e. The number of carbonyl (C=O) groups is 1. The molecular weight excluding hydrogens is 444 g/mol. The van der Waals surface area contributed by atoms with Crippen molar-refractivity contribution in [3.05, 3.63) is 47.5 Å². The van der Waals surface area contributed by atoms with Crippen LogP contribution < -0.4 is 0 Å². The summed E-state index contributed by atoms with van der Waals surface area (Å²) in [6.45, 7) is 0. The molecule has 0 bridgehead atoms. The van der Waals surface area contributed by atoms with Crippen molar-refractivity contribution in [2.75, 3.05) is 0 Å². The van der Waals surface area contributed by atoms with Crippen molar-refractivity contribution in [3.8, 4) is 5.75 Å². The fourth-order valence-electron chi connectivity index (χ4n) is 1.46. The van der Waals surface area contributed by atoms with E-state index < -0.39 is 5.78 Å². The van der Waals surface area contributed by atoms with Gasteiger partial charge in [-0.3, -0.25) is 4.79 Å². The zero-order valence-electron chi connectivity index (χ0n) is 8.90. The van der Waals surface area contributed by atoms with E-state index in [9.17, 15) is 9.90 Å². The Balaban J connectivity index is 2.59. The first-order valence-corrected chi connectivity index (χ1v) is 7.50. The predicted octanol–water partition coefficient (Wildman–Crippen LogP) is 5.44. The lowest BCUT2D eigenvalue weighted by Crippen LogP contribution is -2.03. The number of hydrogen-bond donors (Lipinski definition) is 2. The van der Waals surface area contributed by atoms with Gasteiger partial charge in [0.15, 0.2) is 0 Å². The molecule has 1 aromatic carbocycles. The minimum absolute atomic E-state index is 0.00342. The van der Waals surface area contributed by atoms with Gasteiger partial charge in [0.25, 0.3) is 0 Å². The Hall–Kier alpha value is -0.200. The smallest absolute Gasteiger partial charge is 0.214 e. The normalized spacial score (nSPS) is 10.8. The Morgan fingerprint density at radius 2 is 1.79 bits per heavy atom. The van der Waals surface area contributed by atoms with Crippen molar-refractivity contribution < 1.29 is 9.90 Å². The predicted molar refractivity (Wildman–Crippen MR) is 82.8 cm³/mol. The van der Waals surface area contributed by atoms with Crippen LogP contribution in [0, 0.1) is 0 Å². The average Bonchev–Trinajstić information content (AvgIpc) is 2.61. The number of H-pyrrole nitrogens is 1. The Morgan fingerprint density at radius 1 is 1.16 bits per heavy atom. The Bertz CT molecular complexity index is 685. The number of hydrogen-bond acceptors (Lipinski definition) is 2. The molecule has 0 spiro atoms. The number of phenolic OH excluding ortho intramolecular Hbond substituents is 1. The molecule has 100 valence electrons. The molecule has 8 heteroatoms. The van der Waals surface area contributed by atoms with Crippen LogP contribution in [0.1, 0.15) is 16.1 Å². The van der Waals surface area contributed by atoms with E-state index in [2.05, 4.69) is 36.8 Å². The van der Waals surface area contributed by atoms with Gasteiger partial charge in [0.05, 0.1) is 19.5 Å². The summed E-state index contributed by atoms with van der Waals surface area (Å²) in [5.74, 6) is -0.814. The van der Waals surface area contributed by atoms with Gasteiger partial charge < -0.3 is 10.1 Å². The number of aromatic hydroxyl groups is 1. The van der Waals surface area contributed by atoms with Crippen molar-refractivity contribution in [3.63, 3.8) is 0 Å². The maximum atomic E-state index is 12.3. The summed E-state index contributed by atoms with van der Waals surface area (Å²) in [5.41, 5.74) is 0.175. The van der Waals surface area contributed by atoms with Crippen molar-refractivity contribution in [1.29, 1.82) is 0 Å². The number of aromatic nitrogens is 1. The topological polar surface area (TPSA) is 53.1 Å². The molecule has 0 saturated heterocycles. The molecule has 0 aliphatic heterocycles. The van der Waals surface area contributed by atoms with Crippen molar-refractivity contribution in [1.82, 2.24) is 4.98 Å². The highest BCUT2D eigenvalue weighted by Crippen LogP contribution is 2.37. The van der Waals surface area contributed by atoms with Gasteiger partial charge >= 0.3 is 0 Å². The third kappa shape index (κ3) is 2.81. The highest BCUT2D eigenvalue weighted by molar-refractivity contribution is 9.13. The molecule has 2 aromatic rings. The van der Waals surface area contributed by atoms with Crippen LogP contribution in [0.15, 0.2) is 21.1 Å². The minimum Gasteiger partial charge on any atom is -0.506 e. The lowest BCUT2D eigenvalue weighted by atomic mass is 10.1. The zero-order valence-corrected chi connectivity index (χ0v) is 14.3. The molecule has 3 nitrogen and oxygen atoms in total. The minimum atomic E-state index is -0.485. The molecule has 0 atom stereocenters. The second-order valence-corrected chi connectivity index (χ2v) is 6.36. The summed E-state index contributed by atoms with van der Waals surface area (Å²) in [5, 5.41) is 10.4.